The van der Waals surface area contributed by atoms with Crippen molar-refractivity contribution in [2.45, 2.75) is 4.90 Å². The number of amides is 3. The van der Waals surface area contributed by atoms with Crippen LogP contribution in [0.25, 0.3) is 6.08 Å². The fourth-order valence-electron chi connectivity index (χ4n) is 3.61. The predicted octanol–water partition coefficient (Wildman–Crippen LogP) is 6.49. The van der Waals surface area contributed by atoms with E-state index in [0.717, 1.165) is 4.90 Å². The molecule has 202 valence electrons. The summed E-state index contributed by atoms with van der Waals surface area (Å²) in [5, 5.41) is 8.95. The molecule has 40 heavy (non-hydrogen) atoms. The van der Waals surface area contributed by atoms with Gasteiger partial charge in [0.1, 0.15) is 11.4 Å². The zero-order chi connectivity index (χ0) is 28.3. The third-order valence-electron chi connectivity index (χ3n) is 5.55. The Morgan fingerprint density at radius 1 is 0.850 bits per heavy atom. The van der Waals surface area contributed by atoms with Gasteiger partial charge in [0.25, 0.3) is 11.8 Å². The lowest BCUT2D eigenvalue weighted by atomic mass is 10.1. The topological polar surface area (TPSA) is 96.5 Å². The van der Waals surface area contributed by atoms with Crippen LogP contribution in [-0.4, -0.2) is 30.6 Å². The van der Waals surface area contributed by atoms with Crippen molar-refractivity contribution < 1.29 is 19.1 Å². The molecule has 0 saturated heterocycles. The molecule has 3 amide bonds. The lowest BCUT2D eigenvalue weighted by molar-refractivity contribution is -0.114. The number of para-hydroxylation sites is 2. The molecule has 4 aromatic rings. The van der Waals surface area contributed by atoms with Crippen molar-refractivity contribution in [1.29, 1.82) is 0 Å². The minimum atomic E-state index is -0.504. The zero-order valence-electron chi connectivity index (χ0n) is 21.5. The van der Waals surface area contributed by atoms with Gasteiger partial charge in [-0.05, 0) is 66.2 Å². The average molecular weight is 572 g/mol. The van der Waals surface area contributed by atoms with Crippen LogP contribution in [-0.2, 0) is 9.59 Å². The molecule has 0 unspecified atom stereocenters. The minimum absolute atomic E-state index is 0.0606. The molecule has 4 rings (SSSR count). The summed E-state index contributed by atoms with van der Waals surface area (Å²) in [5.74, 6) is -0.380. The number of carbonyl (C=O) groups excluding carboxylic acids is 3. The van der Waals surface area contributed by atoms with Gasteiger partial charge in [0, 0.05) is 21.2 Å². The quantitative estimate of drug-likeness (QED) is 0.149. The number of methoxy groups -OCH3 is 1. The Morgan fingerprint density at radius 2 is 1.57 bits per heavy atom. The maximum absolute atomic E-state index is 13.3. The second kappa shape index (κ2) is 14.0. The Morgan fingerprint density at radius 3 is 2.33 bits per heavy atom. The van der Waals surface area contributed by atoms with Crippen LogP contribution >= 0.6 is 23.4 Å². The standard InChI is InChI=1S/C31H26ClN3O4S/c1-39-28-13-6-5-12-26(28)34-29(36)20-40-25-11-7-10-24(19-25)33-31(38)27(18-21-14-16-23(32)17-15-21)35-30(37)22-8-3-2-4-9-22/h2-19H,20H2,1H3,(H,33,38)(H,34,36)(H,35,37)/b27-18-. The minimum Gasteiger partial charge on any atom is -0.495 e. The highest BCUT2D eigenvalue weighted by molar-refractivity contribution is 8.00. The Balaban J connectivity index is 1.44. The fraction of sp³-hybridized carbons (Fsp3) is 0.0645. The fourth-order valence-corrected chi connectivity index (χ4v) is 4.49. The maximum atomic E-state index is 13.3. The Labute approximate surface area is 241 Å². The number of anilines is 2. The molecule has 7 nitrogen and oxygen atoms in total. The van der Waals surface area contributed by atoms with Gasteiger partial charge < -0.3 is 20.7 Å². The second-order valence-corrected chi connectivity index (χ2v) is 9.93. The highest BCUT2D eigenvalue weighted by Gasteiger charge is 2.16. The number of hydrogen-bond acceptors (Lipinski definition) is 5. The van der Waals surface area contributed by atoms with Gasteiger partial charge in [0.2, 0.25) is 5.91 Å². The molecule has 0 aliphatic heterocycles. The summed E-state index contributed by atoms with van der Waals surface area (Å²) < 4.78 is 5.27. The van der Waals surface area contributed by atoms with E-state index in [4.69, 9.17) is 16.3 Å². The normalized spacial score (nSPS) is 10.9. The Kier molecular flexibility index (Phi) is 9.99. The first-order valence-electron chi connectivity index (χ1n) is 12.2. The van der Waals surface area contributed by atoms with Gasteiger partial charge in [0.05, 0.1) is 18.6 Å². The van der Waals surface area contributed by atoms with Crippen LogP contribution in [0.2, 0.25) is 5.02 Å². The van der Waals surface area contributed by atoms with E-state index in [0.29, 0.717) is 33.3 Å². The molecular weight excluding hydrogens is 546 g/mol. The summed E-state index contributed by atoms with van der Waals surface area (Å²) in [4.78, 5) is 39.4. The largest absolute Gasteiger partial charge is 0.495 e. The number of carbonyl (C=O) groups is 3. The number of benzene rings is 4. The maximum Gasteiger partial charge on any atom is 0.272 e. The van der Waals surface area contributed by atoms with Gasteiger partial charge in [-0.25, -0.2) is 0 Å². The number of halogens is 1. The van der Waals surface area contributed by atoms with E-state index in [9.17, 15) is 14.4 Å². The summed E-state index contributed by atoms with van der Waals surface area (Å²) >= 11 is 7.32. The van der Waals surface area contributed by atoms with Crippen LogP contribution in [0.15, 0.2) is 114 Å². The van der Waals surface area contributed by atoms with Crippen molar-refractivity contribution >= 4 is 58.5 Å². The summed E-state index contributed by atoms with van der Waals surface area (Å²) in [6.07, 6.45) is 1.58. The summed E-state index contributed by atoms with van der Waals surface area (Å²) in [6.45, 7) is 0. The molecule has 9 heteroatoms. The van der Waals surface area contributed by atoms with Gasteiger partial charge in [-0.15, -0.1) is 11.8 Å². The molecule has 0 fully saturated rings. The van der Waals surface area contributed by atoms with E-state index in [1.54, 1.807) is 98.1 Å². The summed E-state index contributed by atoms with van der Waals surface area (Å²) in [7, 11) is 1.54. The molecule has 0 heterocycles. The van der Waals surface area contributed by atoms with Crippen LogP contribution in [0.1, 0.15) is 15.9 Å². The van der Waals surface area contributed by atoms with Crippen LogP contribution in [0.4, 0.5) is 11.4 Å². The van der Waals surface area contributed by atoms with Gasteiger partial charge in [-0.3, -0.25) is 14.4 Å². The molecule has 0 aliphatic carbocycles. The summed E-state index contributed by atoms with van der Waals surface area (Å²) in [6, 6.07) is 29.8. The number of thioether (sulfide) groups is 1. The second-order valence-electron chi connectivity index (χ2n) is 8.45. The van der Waals surface area contributed by atoms with Crippen LogP contribution in [0, 0.1) is 0 Å². The molecule has 0 radical (unpaired) electrons. The number of hydrogen-bond donors (Lipinski definition) is 3. The smallest absolute Gasteiger partial charge is 0.272 e. The van der Waals surface area contributed by atoms with E-state index in [1.165, 1.54) is 11.8 Å². The van der Waals surface area contributed by atoms with E-state index in [1.807, 2.05) is 18.2 Å². The van der Waals surface area contributed by atoms with Gasteiger partial charge in [-0.1, -0.05) is 60.1 Å². The van der Waals surface area contributed by atoms with Crippen molar-refractivity contribution in [3.05, 3.63) is 125 Å². The number of ether oxygens (including phenoxy) is 1. The lowest BCUT2D eigenvalue weighted by Gasteiger charge is -2.12. The summed E-state index contributed by atoms with van der Waals surface area (Å²) in [5.41, 5.74) is 2.27. The first-order valence-corrected chi connectivity index (χ1v) is 13.6. The Hall–Kier alpha value is -4.53. The van der Waals surface area contributed by atoms with Crippen molar-refractivity contribution in [3.8, 4) is 5.75 Å². The molecule has 4 aromatic carbocycles. The molecule has 0 bridgehead atoms. The molecule has 0 atom stereocenters. The molecule has 0 aromatic heterocycles. The monoisotopic (exact) mass is 571 g/mol. The van der Waals surface area contributed by atoms with Gasteiger partial charge in [-0.2, -0.15) is 0 Å². The van der Waals surface area contributed by atoms with Gasteiger partial charge >= 0.3 is 0 Å². The number of nitrogens with one attached hydrogen (secondary N) is 3. The highest BCUT2D eigenvalue weighted by Crippen LogP contribution is 2.25. The van der Waals surface area contributed by atoms with Crippen molar-refractivity contribution in [3.63, 3.8) is 0 Å². The Bertz CT molecular complexity index is 1530. The average Bonchev–Trinajstić information content (AvgIpc) is 2.97. The first kappa shape index (κ1) is 28.5. The van der Waals surface area contributed by atoms with Crippen molar-refractivity contribution in [2.75, 3.05) is 23.5 Å². The SMILES string of the molecule is COc1ccccc1NC(=O)CSc1cccc(NC(=O)/C(=C/c2ccc(Cl)cc2)NC(=O)c2ccccc2)c1. The van der Waals surface area contributed by atoms with E-state index < -0.39 is 11.8 Å². The third kappa shape index (κ3) is 8.23. The van der Waals surface area contributed by atoms with Crippen LogP contribution in [0.3, 0.4) is 0 Å². The number of rotatable bonds is 10. The zero-order valence-corrected chi connectivity index (χ0v) is 23.1. The van der Waals surface area contributed by atoms with E-state index in [-0.39, 0.29) is 17.4 Å². The molecule has 0 aliphatic rings. The predicted molar refractivity (Wildman–Crippen MR) is 161 cm³/mol. The molecular formula is C31H26ClN3O4S. The van der Waals surface area contributed by atoms with Crippen molar-refractivity contribution in [1.82, 2.24) is 5.32 Å². The van der Waals surface area contributed by atoms with E-state index in [2.05, 4.69) is 16.0 Å². The third-order valence-corrected chi connectivity index (χ3v) is 6.80. The van der Waals surface area contributed by atoms with Crippen LogP contribution in [0.5, 0.6) is 5.75 Å². The van der Waals surface area contributed by atoms with Gasteiger partial charge in [0.15, 0.2) is 0 Å². The molecule has 0 spiro atoms. The highest BCUT2D eigenvalue weighted by atomic mass is 35.5. The lowest BCUT2D eigenvalue weighted by Crippen LogP contribution is -2.30. The first-order chi connectivity index (χ1) is 19.4. The molecule has 3 N–H and O–H groups in total. The van der Waals surface area contributed by atoms with Crippen LogP contribution < -0.4 is 20.7 Å². The van der Waals surface area contributed by atoms with Crippen molar-refractivity contribution in [2.24, 2.45) is 0 Å². The van der Waals surface area contributed by atoms with E-state index >= 15 is 0 Å². The molecule has 0 saturated carbocycles.